The van der Waals surface area contributed by atoms with E-state index in [0.717, 1.165) is 12.8 Å². The van der Waals surface area contributed by atoms with Crippen molar-refractivity contribution in [3.05, 3.63) is 0 Å². The molecule has 0 unspecified atom stereocenters. The number of nitrogens with one attached hydrogen (secondary N) is 1. The van der Waals surface area contributed by atoms with Gasteiger partial charge in [-0.05, 0) is 14.1 Å². The normalized spacial score (nSPS) is 12.3. The molecule has 0 rings (SSSR count). The maximum Gasteiger partial charge on any atom is 0.208 e. The van der Waals surface area contributed by atoms with Crippen molar-refractivity contribution in [1.82, 2.24) is 9.62 Å². The number of nitrogens with zero attached hydrogens (tertiary/aromatic N) is 1. The Bertz CT molecular complexity index is 214. The van der Waals surface area contributed by atoms with E-state index in [1.54, 1.807) is 0 Å². The molecule has 0 radical (unpaired) electrons. The van der Waals surface area contributed by atoms with E-state index >= 15 is 0 Å². The fraction of sp³-hybridized carbons (Fsp3) is 1.00. The molecule has 0 heterocycles. The molecular formula is C7H18N2O3S. The summed E-state index contributed by atoms with van der Waals surface area (Å²) in [4.78, 5) is 2.00. The zero-order chi connectivity index (χ0) is 10.3. The summed E-state index contributed by atoms with van der Waals surface area (Å²) in [7, 11) is 0.845. The molecule has 0 spiro atoms. The SMILES string of the molecule is CN(C)CCOCCNS(C)(=O)=O. The van der Waals surface area contributed by atoms with E-state index in [1.807, 2.05) is 19.0 Å². The van der Waals surface area contributed by atoms with Gasteiger partial charge in [-0.15, -0.1) is 0 Å². The summed E-state index contributed by atoms with van der Waals surface area (Å²) in [5.41, 5.74) is 0. The largest absolute Gasteiger partial charge is 0.379 e. The minimum Gasteiger partial charge on any atom is -0.379 e. The second-order valence-electron chi connectivity index (χ2n) is 3.08. The van der Waals surface area contributed by atoms with Crippen molar-refractivity contribution in [3.8, 4) is 0 Å². The summed E-state index contributed by atoms with van der Waals surface area (Å²) >= 11 is 0. The summed E-state index contributed by atoms with van der Waals surface area (Å²) in [5.74, 6) is 0. The highest BCUT2D eigenvalue weighted by Gasteiger charge is 1.98. The first-order valence-electron chi connectivity index (χ1n) is 4.09. The quantitative estimate of drug-likeness (QED) is 0.554. The van der Waals surface area contributed by atoms with Gasteiger partial charge in [-0.1, -0.05) is 0 Å². The molecule has 0 saturated heterocycles. The van der Waals surface area contributed by atoms with Crippen LogP contribution in [0.2, 0.25) is 0 Å². The molecule has 0 aliphatic rings. The van der Waals surface area contributed by atoms with Crippen LogP contribution in [0.25, 0.3) is 0 Å². The van der Waals surface area contributed by atoms with E-state index in [2.05, 4.69) is 4.72 Å². The third kappa shape index (κ3) is 11.8. The van der Waals surface area contributed by atoms with E-state index in [0.29, 0.717) is 19.8 Å². The molecule has 0 aromatic heterocycles. The number of hydrogen-bond acceptors (Lipinski definition) is 4. The summed E-state index contributed by atoms with van der Waals surface area (Å²) in [6.07, 6.45) is 1.13. The van der Waals surface area contributed by atoms with Gasteiger partial charge in [-0.25, -0.2) is 13.1 Å². The smallest absolute Gasteiger partial charge is 0.208 e. The van der Waals surface area contributed by atoms with E-state index < -0.39 is 10.0 Å². The van der Waals surface area contributed by atoms with Crippen LogP contribution in [0.5, 0.6) is 0 Å². The molecule has 1 N–H and O–H groups in total. The zero-order valence-electron chi connectivity index (χ0n) is 8.41. The fourth-order valence-electron chi connectivity index (χ4n) is 0.648. The molecule has 13 heavy (non-hydrogen) atoms. The van der Waals surface area contributed by atoms with Gasteiger partial charge >= 0.3 is 0 Å². The molecule has 0 aliphatic heterocycles. The van der Waals surface area contributed by atoms with E-state index in [-0.39, 0.29) is 0 Å². The lowest BCUT2D eigenvalue weighted by Crippen LogP contribution is -2.27. The molecule has 0 atom stereocenters. The fourth-order valence-corrected chi connectivity index (χ4v) is 1.10. The molecule has 6 heteroatoms. The third-order valence-corrected chi connectivity index (χ3v) is 2.02. The Labute approximate surface area is 80.1 Å². The van der Waals surface area contributed by atoms with Crippen LogP contribution in [0.1, 0.15) is 0 Å². The molecular weight excluding hydrogens is 192 g/mol. The Balaban J connectivity index is 3.18. The predicted octanol–water partition coefficient (Wildman–Crippen LogP) is -0.886. The van der Waals surface area contributed by atoms with E-state index in [4.69, 9.17) is 4.74 Å². The van der Waals surface area contributed by atoms with Crippen molar-refractivity contribution >= 4 is 10.0 Å². The van der Waals surface area contributed by atoms with Gasteiger partial charge in [0.2, 0.25) is 10.0 Å². The van der Waals surface area contributed by atoms with Crippen LogP contribution in [0.4, 0.5) is 0 Å². The highest BCUT2D eigenvalue weighted by molar-refractivity contribution is 7.88. The van der Waals surface area contributed by atoms with Crippen molar-refractivity contribution in [2.24, 2.45) is 0 Å². The highest BCUT2D eigenvalue weighted by atomic mass is 32.2. The first-order chi connectivity index (χ1) is 5.92. The molecule has 0 aliphatic carbocycles. The van der Waals surface area contributed by atoms with Gasteiger partial charge in [-0.2, -0.15) is 0 Å². The van der Waals surface area contributed by atoms with Crippen LogP contribution in [0.3, 0.4) is 0 Å². The summed E-state index contributed by atoms with van der Waals surface area (Å²) in [6.45, 7) is 2.23. The van der Waals surface area contributed by atoms with E-state index in [1.165, 1.54) is 0 Å². The van der Waals surface area contributed by atoms with Gasteiger partial charge < -0.3 is 9.64 Å². The Morgan fingerprint density at radius 1 is 1.31 bits per heavy atom. The number of ether oxygens (including phenoxy) is 1. The van der Waals surface area contributed by atoms with Crippen LogP contribution < -0.4 is 4.72 Å². The average Bonchev–Trinajstić information content (AvgIpc) is 1.93. The maximum absolute atomic E-state index is 10.6. The lowest BCUT2D eigenvalue weighted by Gasteiger charge is -2.09. The molecule has 0 aromatic rings. The van der Waals surface area contributed by atoms with E-state index in [9.17, 15) is 8.42 Å². The van der Waals surface area contributed by atoms with Crippen LogP contribution in [-0.4, -0.2) is 60.0 Å². The molecule has 80 valence electrons. The number of hydrogen-bond donors (Lipinski definition) is 1. The van der Waals surface area contributed by atoms with Gasteiger partial charge in [0, 0.05) is 13.1 Å². The summed E-state index contributed by atoms with van der Waals surface area (Å²) in [6, 6.07) is 0. The van der Waals surface area contributed by atoms with Crippen molar-refractivity contribution in [2.45, 2.75) is 0 Å². The Morgan fingerprint density at radius 3 is 2.38 bits per heavy atom. The Kier molecular flexibility index (Phi) is 6.23. The van der Waals surface area contributed by atoms with Crippen molar-refractivity contribution in [3.63, 3.8) is 0 Å². The minimum atomic E-state index is -3.07. The molecule has 0 amide bonds. The molecule has 0 aromatic carbocycles. The van der Waals surface area contributed by atoms with Crippen LogP contribution >= 0.6 is 0 Å². The van der Waals surface area contributed by atoms with Gasteiger partial charge in [0.05, 0.1) is 19.5 Å². The van der Waals surface area contributed by atoms with Gasteiger partial charge in [0.15, 0.2) is 0 Å². The standard InChI is InChI=1S/C7H18N2O3S/c1-9(2)5-7-12-6-4-8-13(3,10)11/h8H,4-7H2,1-3H3. The van der Waals surface area contributed by atoms with Gasteiger partial charge in [0.25, 0.3) is 0 Å². The van der Waals surface area contributed by atoms with Crippen LogP contribution in [-0.2, 0) is 14.8 Å². The first-order valence-corrected chi connectivity index (χ1v) is 5.98. The molecule has 0 saturated carbocycles. The Hall–Kier alpha value is -0.170. The minimum absolute atomic E-state index is 0.340. The summed E-state index contributed by atoms with van der Waals surface area (Å²) in [5, 5.41) is 0. The molecule has 5 nitrogen and oxygen atoms in total. The number of likely N-dealkylation sites (N-methyl/N-ethyl adjacent to an activating group) is 1. The number of rotatable bonds is 7. The monoisotopic (exact) mass is 210 g/mol. The summed E-state index contributed by atoms with van der Waals surface area (Å²) < 4.78 is 28.7. The van der Waals surface area contributed by atoms with Crippen molar-refractivity contribution < 1.29 is 13.2 Å². The van der Waals surface area contributed by atoms with Crippen molar-refractivity contribution in [1.29, 1.82) is 0 Å². The van der Waals surface area contributed by atoms with Crippen LogP contribution in [0.15, 0.2) is 0 Å². The number of sulfonamides is 1. The van der Waals surface area contributed by atoms with Crippen molar-refractivity contribution in [2.75, 3.05) is 46.7 Å². The average molecular weight is 210 g/mol. The topological polar surface area (TPSA) is 58.6 Å². The lowest BCUT2D eigenvalue weighted by atomic mass is 10.6. The second-order valence-corrected chi connectivity index (χ2v) is 4.92. The predicted molar refractivity (Wildman–Crippen MR) is 52.2 cm³/mol. The van der Waals surface area contributed by atoms with Crippen LogP contribution in [0, 0.1) is 0 Å². The molecule has 0 fully saturated rings. The van der Waals surface area contributed by atoms with Gasteiger partial charge in [-0.3, -0.25) is 0 Å². The molecule has 0 bridgehead atoms. The third-order valence-electron chi connectivity index (χ3n) is 1.29. The first kappa shape index (κ1) is 12.8. The Morgan fingerprint density at radius 2 is 1.92 bits per heavy atom. The lowest BCUT2D eigenvalue weighted by molar-refractivity contribution is 0.122. The van der Waals surface area contributed by atoms with Gasteiger partial charge in [0.1, 0.15) is 0 Å². The maximum atomic E-state index is 10.6. The highest BCUT2D eigenvalue weighted by Crippen LogP contribution is 1.79. The second kappa shape index (κ2) is 6.31. The zero-order valence-corrected chi connectivity index (χ0v) is 9.23.